The van der Waals surface area contributed by atoms with Gasteiger partial charge in [-0.25, -0.2) is 0 Å². The van der Waals surface area contributed by atoms with E-state index < -0.39 is 0 Å². The van der Waals surface area contributed by atoms with Crippen LogP contribution in [0.1, 0.15) is 38.2 Å². The van der Waals surface area contributed by atoms with Crippen LogP contribution in [0.4, 0.5) is 5.69 Å². The predicted octanol–water partition coefficient (Wildman–Crippen LogP) is 2.98. The molecule has 0 amide bonds. The fraction of sp³-hybridized carbons (Fsp3) is 0.571. The first kappa shape index (κ1) is 13.0. The molecular formula is C14H24N2. The normalized spacial score (nSPS) is 10.6. The molecule has 0 bridgehead atoms. The smallest absolute Gasteiger partial charge is 0.0316 e. The molecule has 0 aliphatic rings. The van der Waals surface area contributed by atoms with Crippen LogP contribution in [0.15, 0.2) is 24.3 Å². The Labute approximate surface area is 99.2 Å². The van der Waals surface area contributed by atoms with E-state index in [-0.39, 0.29) is 0 Å². The zero-order chi connectivity index (χ0) is 11.6. The topological polar surface area (TPSA) is 38.0 Å². The molecule has 0 saturated carbocycles. The van der Waals surface area contributed by atoms with Crippen molar-refractivity contribution in [2.45, 2.75) is 39.0 Å². The molecule has 0 aromatic heterocycles. The van der Waals surface area contributed by atoms with Gasteiger partial charge in [0.1, 0.15) is 0 Å². The zero-order valence-corrected chi connectivity index (χ0v) is 10.3. The summed E-state index contributed by atoms with van der Waals surface area (Å²) in [5.41, 5.74) is 7.91. The summed E-state index contributed by atoms with van der Waals surface area (Å²) in [6.07, 6.45) is 6.38. The van der Waals surface area contributed by atoms with E-state index in [0.717, 1.165) is 25.2 Å². The molecule has 0 heterocycles. The minimum Gasteiger partial charge on any atom is -0.399 e. The molecular weight excluding hydrogens is 196 g/mol. The van der Waals surface area contributed by atoms with Gasteiger partial charge in [-0.1, -0.05) is 38.3 Å². The second-order valence-electron chi connectivity index (χ2n) is 4.31. The average Bonchev–Trinajstić information content (AvgIpc) is 2.28. The van der Waals surface area contributed by atoms with Crippen molar-refractivity contribution in [1.29, 1.82) is 0 Å². The van der Waals surface area contributed by atoms with Gasteiger partial charge in [0.2, 0.25) is 0 Å². The second kappa shape index (κ2) is 8.17. The third-order valence-corrected chi connectivity index (χ3v) is 2.75. The molecule has 0 spiro atoms. The Bertz CT molecular complexity index is 284. The van der Waals surface area contributed by atoms with Crippen molar-refractivity contribution in [3.8, 4) is 0 Å². The molecule has 0 unspecified atom stereocenters. The lowest BCUT2D eigenvalue weighted by atomic mass is 10.1. The van der Waals surface area contributed by atoms with Gasteiger partial charge in [0.05, 0.1) is 0 Å². The predicted molar refractivity (Wildman–Crippen MR) is 71.6 cm³/mol. The first-order chi connectivity index (χ1) is 7.83. The Balaban J connectivity index is 2.03. The van der Waals surface area contributed by atoms with Crippen LogP contribution in [0, 0.1) is 0 Å². The van der Waals surface area contributed by atoms with Crippen molar-refractivity contribution in [3.05, 3.63) is 29.8 Å². The summed E-state index contributed by atoms with van der Waals surface area (Å²) in [4.78, 5) is 0. The quantitative estimate of drug-likeness (QED) is 0.522. The molecule has 16 heavy (non-hydrogen) atoms. The van der Waals surface area contributed by atoms with Crippen molar-refractivity contribution in [3.63, 3.8) is 0 Å². The van der Waals surface area contributed by atoms with Crippen LogP contribution in [0.3, 0.4) is 0 Å². The SMILES string of the molecule is CCCCCCNCCc1cccc(N)c1. The molecule has 0 saturated heterocycles. The van der Waals surface area contributed by atoms with E-state index in [9.17, 15) is 0 Å². The van der Waals surface area contributed by atoms with Crippen LogP contribution in [-0.2, 0) is 6.42 Å². The highest BCUT2D eigenvalue weighted by Crippen LogP contribution is 2.06. The Hall–Kier alpha value is -1.02. The Morgan fingerprint density at radius 3 is 2.75 bits per heavy atom. The number of hydrogen-bond donors (Lipinski definition) is 2. The summed E-state index contributed by atoms with van der Waals surface area (Å²) in [7, 11) is 0. The summed E-state index contributed by atoms with van der Waals surface area (Å²) in [6.45, 7) is 4.44. The Kier molecular flexibility index (Phi) is 6.66. The van der Waals surface area contributed by atoms with E-state index in [4.69, 9.17) is 5.73 Å². The van der Waals surface area contributed by atoms with Crippen LogP contribution in [0.5, 0.6) is 0 Å². The number of nitrogens with two attached hydrogens (primary N) is 1. The van der Waals surface area contributed by atoms with E-state index in [0.29, 0.717) is 0 Å². The van der Waals surface area contributed by atoms with Crippen molar-refractivity contribution >= 4 is 5.69 Å². The van der Waals surface area contributed by atoms with Crippen LogP contribution in [-0.4, -0.2) is 13.1 Å². The monoisotopic (exact) mass is 220 g/mol. The minimum absolute atomic E-state index is 0.862. The number of anilines is 1. The Morgan fingerprint density at radius 2 is 2.00 bits per heavy atom. The lowest BCUT2D eigenvalue weighted by Crippen LogP contribution is -2.18. The van der Waals surface area contributed by atoms with Gasteiger partial charge in [-0.15, -0.1) is 0 Å². The lowest BCUT2D eigenvalue weighted by molar-refractivity contribution is 0.599. The summed E-state index contributed by atoms with van der Waals surface area (Å²) < 4.78 is 0. The van der Waals surface area contributed by atoms with Crippen LogP contribution >= 0.6 is 0 Å². The molecule has 0 fully saturated rings. The molecule has 2 nitrogen and oxygen atoms in total. The summed E-state index contributed by atoms with van der Waals surface area (Å²) in [6, 6.07) is 8.14. The maximum absolute atomic E-state index is 5.72. The zero-order valence-electron chi connectivity index (χ0n) is 10.3. The molecule has 0 aliphatic carbocycles. The highest BCUT2D eigenvalue weighted by Gasteiger charge is 1.93. The molecule has 2 heteroatoms. The molecule has 1 rings (SSSR count). The number of hydrogen-bond acceptors (Lipinski definition) is 2. The van der Waals surface area contributed by atoms with E-state index in [1.807, 2.05) is 12.1 Å². The summed E-state index contributed by atoms with van der Waals surface area (Å²) >= 11 is 0. The maximum atomic E-state index is 5.72. The average molecular weight is 220 g/mol. The summed E-state index contributed by atoms with van der Waals surface area (Å²) in [5.74, 6) is 0. The highest BCUT2D eigenvalue weighted by atomic mass is 14.8. The Morgan fingerprint density at radius 1 is 1.12 bits per heavy atom. The van der Waals surface area contributed by atoms with Gasteiger partial charge < -0.3 is 11.1 Å². The number of nitrogens with one attached hydrogen (secondary N) is 1. The molecule has 3 N–H and O–H groups in total. The van der Waals surface area contributed by atoms with E-state index in [2.05, 4.69) is 24.4 Å². The molecule has 1 aromatic rings. The van der Waals surface area contributed by atoms with Crippen molar-refractivity contribution in [1.82, 2.24) is 5.32 Å². The van der Waals surface area contributed by atoms with E-state index in [1.165, 1.54) is 31.2 Å². The molecule has 0 aliphatic heterocycles. The van der Waals surface area contributed by atoms with Gasteiger partial charge in [0.25, 0.3) is 0 Å². The lowest BCUT2D eigenvalue weighted by Gasteiger charge is -2.05. The number of unbranched alkanes of at least 4 members (excludes halogenated alkanes) is 3. The van der Waals surface area contributed by atoms with Gasteiger partial charge in [-0.2, -0.15) is 0 Å². The number of benzene rings is 1. The first-order valence-corrected chi connectivity index (χ1v) is 6.38. The number of rotatable bonds is 8. The molecule has 90 valence electrons. The highest BCUT2D eigenvalue weighted by molar-refractivity contribution is 5.40. The maximum Gasteiger partial charge on any atom is 0.0316 e. The van der Waals surface area contributed by atoms with Crippen LogP contribution < -0.4 is 11.1 Å². The van der Waals surface area contributed by atoms with E-state index in [1.54, 1.807) is 0 Å². The van der Waals surface area contributed by atoms with Crippen molar-refractivity contribution in [2.24, 2.45) is 0 Å². The second-order valence-corrected chi connectivity index (χ2v) is 4.31. The summed E-state index contributed by atoms with van der Waals surface area (Å²) in [5, 5.41) is 3.47. The van der Waals surface area contributed by atoms with Crippen LogP contribution in [0.25, 0.3) is 0 Å². The van der Waals surface area contributed by atoms with Gasteiger partial charge in [-0.05, 0) is 43.6 Å². The fourth-order valence-corrected chi connectivity index (χ4v) is 1.78. The van der Waals surface area contributed by atoms with Gasteiger partial charge in [0.15, 0.2) is 0 Å². The van der Waals surface area contributed by atoms with Crippen molar-refractivity contribution < 1.29 is 0 Å². The van der Waals surface area contributed by atoms with Gasteiger partial charge >= 0.3 is 0 Å². The number of nitrogen functional groups attached to an aromatic ring is 1. The molecule has 0 atom stereocenters. The molecule has 1 aromatic carbocycles. The van der Waals surface area contributed by atoms with Crippen LogP contribution in [0.2, 0.25) is 0 Å². The standard InChI is InChI=1S/C14H24N2/c1-2-3-4-5-10-16-11-9-13-7-6-8-14(15)12-13/h6-8,12,16H,2-5,9-11,15H2,1H3. The minimum atomic E-state index is 0.862. The van der Waals surface area contributed by atoms with Gasteiger partial charge in [0, 0.05) is 5.69 Å². The third kappa shape index (κ3) is 5.76. The third-order valence-electron chi connectivity index (χ3n) is 2.75. The molecule has 0 radical (unpaired) electrons. The largest absolute Gasteiger partial charge is 0.399 e. The van der Waals surface area contributed by atoms with Gasteiger partial charge in [-0.3, -0.25) is 0 Å². The van der Waals surface area contributed by atoms with Crippen molar-refractivity contribution in [2.75, 3.05) is 18.8 Å². The van der Waals surface area contributed by atoms with E-state index >= 15 is 0 Å². The fourth-order valence-electron chi connectivity index (χ4n) is 1.78. The first-order valence-electron chi connectivity index (χ1n) is 6.38.